The Morgan fingerprint density at radius 3 is 2.81 bits per heavy atom. The molecule has 3 nitrogen and oxygen atoms in total. The summed E-state index contributed by atoms with van der Waals surface area (Å²) >= 11 is 5.89. The van der Waals surface area contributed by atoms with Crippen molar-refractivity contribution in [2.75, 3.05) is 5.73 Å². The van der Waals surface area contributed by atoms with Gasteiger partial charge in [0.05, 0.1) is 23.5 Å². The van der Waals surface area contributed by atoms with Crippen molar-refractivity contribution in [3.05, 3.63) is 46.5 Å². The Balaban J connectivity index is 2.30. The molecule has 2 rings (SSSR count). The lowest BCUT2D eigenvalue weighted by atomic mass is 10.2. The van der Waals surface area contributed by atoms with E-state index >= 15 is 0 Å². The maximum absolute atomic E-state index is 12.8. The monoisotopic (exact) mass is 239 g/mol. The molecule has 0 radical (unpaired) electrons. The predicted octanol–water partition coefficient (Wildman–Crippen LogP) is 2.61. The first kappa shape index (κ1) is 11.0. The highest BCUT2D eigenvalue weighted by molar-refractivity contribution is 6.31. The zero-order valence-electron chi connectivity index (χ0n) is 8.74. The van der Waals surface area contributed by atoms with Gasteiger partial charge in [0.1, 0.15) is 5.82 Å². The maximum Gasteiger partial charge on any atom is 0.125 e. The molecule has 1 aromatic heterocycles. The van der Waals surface area contributed by atoms with Crippen LogP contribution in [0.25, 0.3) is 0 Å². The number of nitrogen functional groups attached to an aromatic ring is 1. The van der Waals surface area contributed by atoms with Gasteiger partial charge in [-0.2, -0.15) is 5.10 Å². The first-order chi connectivity index (χ1) is 7.58. The fourth-order valence-corrected chi connectivity index (χ4v) is 1.60. The summed E-state index contributed by atoms with van der Waals surface area (Å²) in [7, 11) is 0. The number of nitrogens with zero attached hydrogens (tertiary/aromatic N) is 2. The van der Waals surface area contributed by atoms with Crippen LogP contribution >= 0.6 is 11.6 Å². The lowest BCUT2D eigenvalue weighted by molar-refractivity contribution is 0.624. The molecule has 2 aromatic rings. The van der Waals surface area contributed by atoms with Crippen LogP contribution in [0.15, 0.2) is 24.4 Å². The highest BCUT2D eigenvalue weighted by Gasteiger charge is 2.07. The smallest absolute Gasteiger partial charge is 0.125 e. The van der Waals surface area contributed by atoms with E-state index in [2.05, 4.69) is 5.10 Å². The molecule has 5 heteroatoms. The molecule has 0 amide bonds. The molecule has 0 aliphatic rings. The number of halogens is 2. The standard InChI is InChI=1S/C11H11ClFN3/c1-7-10(12)5-15-16(7)6-8-2-3-9(13)4-11(8)14/h2-5H,6,14H2,1H3. The van der Waals surface area contributed by atoms with E-state index in [0.717, 1.165) is 11.3 Å². The van der Waals surface area contributed by atoms with E-state index < -0.39 is 0 Å². The number of hydrogen-bond acceptors (Lipinski definition) is 2. The molecule has 0 spiro atoms. The van der Waals surface area contributed by atoms with Crippen LogP contribution in [0.2, 0.25) is 5.02 Å². The molecule has 0 aliphatic heterocycles. The van der Waals surface area contributed by atoms with Gasteiger partial charge in [-0.1, -0.05) is 17.7 Å². The Hall–Kier alpha value is -1.55. The highest BCUT2D eigenvalue weighted by Crippen LogP contribution is 2.18. The number of nitrogens with two attached hydrogens (primary N) is 1. The second kappa shape index (κ2) is 4.14. The summed E-state index contributed by atoms with van der Waals surface area (Å²) < 4.78 is 14.6. The van der Waals surface area contributed by atoms with Gasteiger partial charge in [0, 0.05) is 5.69 Å². The third-order valence-electron chi connectivity index (χ3n) is 2.47. The van der Waals surface area contributed by atoms with Gasteiger partial charge in [0.2, 0.25) is 0 Å². The molecule has 0 saturated carbocycles. The summed E-state index contributed by atoms with van der Waals surface area (Å²) in [5.74, 6) is -0.337. The van der Waals surface area contributed by atoms with Crippen LogP contribution in [-0.4, -0.2) is 9.78 Å². The number of hydrogen-bond donors (Lipinski definition) is 1. The van der Waals surface area contributed by atoms with E-state index in [1.54, 1.807) is 16.9 Å². The Morgan fingerprint density at radius 2 is 2.25 bits per heavy atom. The molecule has 0 bridgehead atoms. The molecule has 84 valence electrons. The molecule has 0 unspecified atom stereocenters. The third kappa shape index (κ3) is 2.02. The molecule has 16 heavy (non-hydrogen) atoms. The van der Waals surface area contributed by atoms with Crippen LogP contribution in [0, 0.1) is 12.7 Å². The summed E-state index contributed by atoms with van der Waals surface area (Å²) in [6.45, 7) is 2.36. The van der Waals surface area contributed by atoms with Crippen molar-refractivity contribution in [2.45, 2.75) is 13.5 Å². The van der Waals surface area contributed by atoms with Crippen LogP contribution in [0.4, 0.5) is 10.1 Å². The summed E-state index contributed by atoms with van der Waals surface area (Å²) in [5, 5.41) is 4.72. The Labute approximate surface area is 97.6 Å². The Kier molecular flexibility index (Phi) is 2.83. The van der Waals surface area contributed by atoms with Gasteiger partial charge in [-0.25, -0.2) is 4.39 Å². The van der Waals surface area contributed by atoms with Crippen molar-refractivity contribution in [1.29, 1.82) is 0 Å². The molecule has 2 N–H and O–H groups in total. The quantitative estimate of drug-likeness (QED) is 0.819. The average Bonchev–Trinajstić information content (AvgIpc) is 2.54. The van der Waals surface area contributed by atoms with Crippen molar-refractivity contribution in [2.24, 2.45) is 0 Å². The topological polar surface area (TPSA) is 43.8 Å². The van der Waals surface area contributed by atoms with Gasteiger partial charge >= 0.3 is 0 Å². The highest BCUT2D eigenvalue weighted by atomic mass is 35.5. The number of rotatable bonds is 2. The lowest BCUT2D eigenvalue weighted by Crippen LogP contribution is -2.06. The summed E-state index contributed by atoms with van der Waals surface area (Å²) in [5.41, 5.74) is 7.82. The van der Waals surface area contributed by atoms with E-state index in [4.69, 9.17) is 17.3 Å². The minimum Gasteiger partial charge on any atom is -0.398 e. The summed E-state index contributed by atoms with van der Waals surface area (Å²) in [6, 6.07) is 4.33. The second-order valence-electron chi connectivity index (χ2n) is 3.58. The van der Waals surface area contributed by atoms with Gasteiger partial charge in [-0.3, -0.25) is 4.68 Å². The van der Waals surface area contributed by atoms with E-state index in [1.165, 1.54) is 12.1 Å². The molecule has 0 atom stereocenters. The van der Waals surface area contributed by atoms with E-state index in [1.807, 2.05) is 6.92 Å². The van der Waals surface area contributed by atoms with E-state index in [0.29, 0.717) is 17.3 Å². The Bertz CT molecular complexity index is 522. The largest absolute Gasteiger partial charge is 0.398 e. The second-order valence-corrected chi connectivity index (χ2v) is 3.99. The van der Waals surface area contributed by atoms with Crippen molar-refractivity contribution >= 4 is 17.3 Å². The normalized spacial score (nSPS) is 10.7. The minimum absolute atomic E-state index is 0.337. The van der Waals surface area contributed by atoms with E-state index in [-0.39, 0.29) is 5.82 Å². The van der Waals surface area contributed by atoms with Gasteiger partial charge in [-0.15, -0.1) is 0 Å². The zero-order valence-corrected chi connectivity index (χ0v) is 9.50. The van der Waals surface area contributed by atoms with Crippen molar-refractivity contribution in [3.8, 4) is 0 Å². The SMILES string of the molecule is Cc1c(Cl)cnn1Cc1ccc(F)cc1N. The maximum atomic E-state index is 12.8. The minimum atomic E-state index is -0.337. The third-order valence-corrected chi connectivity index (χ3v) is 2.84. The first-order valence-corrected chi connectivity index (χ1v) is 5.17. The number of anilines is 1. The lowest BCUT2D eigenvalue weighted by Gasteiger charge is -2.07. The van der Waals surface area contributed by atoms with Crippen LogP contribution in [-0.2, 0) is 6.54 Å². The van der Waals surface area contributed by atoms with Crippen molar-refractivity contribution in [1.82, 2.24) is 9.78 Å². The molecular formula is C11H11ClFN3. The number of benzene rings is 1. The van der Waals surface area contributed by atoms with Gasteiger partial charge in [-0.05, 0) is 24.6 Å². The van der Waals surface area contributed by atoms with Crippen molar-refractivity contribution in [3.63, 3.8) is 0 Å². The molecule has 1 heterocycles. The summed E-state index contributed by atoms with van der Waals surface area (Å²) in [6.07, 6.45) is 1.58. The number of aromatic nitrogens is 2. The van der Waals surface area contributed by atoms with Gasteiger partial charge in [0.25, 0.3) is 0 Å². The van der Waals surface area contributed by atoms with Crippen LogP contribution < -0.4 is 5.73 Å². The molecule has 1 aromatic carbocycles. The zero-order chi connectivity index (χ0) is 11.7. The van der Waals surface area contributed by atoms with Crippen molar-refractivity contribution < 1.29 is 4.39 Å². The van der Waals surface area contributed by atoms with Crippen LogP contribution in [0.3, 0.4) is 0 Å². The fourth-order valence-electron chi connectivity index (χ4n) is 1.45. The van der Waals surface area contributed by atoms with Gasteiger partial charge in [0.15, 0.2) is 0 Å². The molecule has 0 saturated heterocycles. The van der Waals surface area contributed by atoms with Crippen LogP contribution in [0.5, 0.6) is 0 Å². The molecular weight excluding hydrogens is 229 g/mol. The summed E-state index contributed by atoms with van der Waals surface area (Å²) in [4.78, 5) is 0. The van der Waals surface area contributed by atoms with Gasteiger partial charge < -0.3 is 5.73 Å². The van der Waals surface area contributed by atoms with E-state index in [9.17, 15) is 4.39 Å². The predicted molar refractivity (Wildman–Crippen MR) is 61.9 cm³/mol. The molecule has 0 aliphatic carbocycles. The fraction of sp³-hybridized carbons (Fsp3) is 0.182. The first-order valence-electron chi connectivity index (χ1n) is 4.79. The van der Waals surface area contributed by atoms with Crippen LogP contribution in [0.1, 0.15) is 11.3 Å². The Morgan fingerprint density at radius 1 is 1.50 bits per heavy atom. The molecule has 0 fully saturated rings. The average molecular weight is 240 g/mol.